The van der Waals surface area contributed by atoms with Crippen molar-refractivity contribution < 1.29 is 13.2 Å². The van der Waals surface area contributed by atoms with Gasteiger partial charge in [-0.3, -0.25) is 9.36 Å². The molecule has 1 heterocycles. The van der Waals surface area contributed by atoms with Crippen LogP contribution in [0, 0.1) is 0 Å². The predicted molar refractivity (Wildman–Crippen MR) is 128 cm³/mol. The van der Waals surface area contributed by atoms with Crippen LogP contribution in [0.25, 0.3) is 10.2 Å². The number of hydrogen-bond donors (Lipinski definition) is 1. The number of thiazole rings is 1. The van der Waals surface area contributed by atoms with Crippen molar-refractivity contribution in [1.29, 1.82) is 0 Å². The lowest BCUT2D eigenvalue weighted by molar-refractivity contribution is 0.340. The Labute approximate surface area is 195 Å². The van der Waals surface area contributed by atoms with Crippen LogP contribution in [0.1, 0.15) is 18.1 Å². The molecule has 4 aromatic rings. The van der Waals surface area contributed by atoms with Crippen molar-refractivity contribution >= 4 is 43.2 Å². The topological polar surface area (TPSA) is 77.4 Å². The number of benzene rings is 3. The highest BCUT2D eigenvalue weighted by atomic mass is 35.5. The van der Waals surface area contributed by atoms with Crippen molar-refractivity contribution in [1.82, 2.24) is 9.29 Å². The van der Waals surface area contributed by atoms with Crippen LogP contribution >= 0.6 is 22.9 Å². The third-order valence-electron chi connectivity index (χ3n) is 4.90. The maximum absolute atomic E-state index is 12.8. The quantitative estimate of drug-likeness (QED) is 0.392. The maximum atomic E-state index is 12.8. The third kappa shape index (κ3) is 5.05. The molecule has 0 fully saturated rings. The number of ether oxygens (including phenoxy) is 1. The summed E-state index contributed by atoms with van der Waals surface area (Å²) in [5, 5.41) is 0.629. The summed E-state index contributed by atoms with van der Waals surface area (Å²) in [6, 6.07) is 19.3. The highest BCUT2D eigenvalue weighted by Gasteiger charge is 2.17. The van der Waals surface area contributed by atoms with Gasteiger partial charge >= 0.3 is 4.87 Å². The molecule has 0 saturated carbocycles. The number of aromatic nitrogens is 1. The molecule has 4 rings (SSSR count). The zero-order chi connectivity index (χ0) is 22.7. The summed E-state index contributed by atoms with van der Waals surface area (Å²) in [7, 11) is -3.74. The van der Waals surface area contributed by atoms with Crippen molar-refractivity contribution in [3.8, 4) is 5.75 Å². The fourth-order valence-electron chi connectivity index (χ4n) is 3.27. The molecule has 1 aromatic heterocycles. The van der Waals surface area contributed by atoms with E-state index < -0.39 is 10.0 Å². The first-order chi connectivity index (χ1) is 15.4. The van der Waals surface area contributed by atoms with Gasteiger partial charge in [-0.05, 0) is 60.5 Å². The first-order valence-corrected chi connectivity index (χ1v) is 12.6. The number of nitrogens with one attached hydrogen (secondary N) is 1. The zero-order valence-electron chi connectivity index (χ0n) is 17.2. The van der Waals surface area contributed by atoms with Gasteiger partial charge in [-0.15, -0.1) is 0 Å². The van der Waals surface area contributed by atoms with Crippen LogP contribution in [-0.2, 0) is 23.1 Å². The van der Waals surface area contributed by atoms with Gasteiger partial charge in [0.1, 0.15) is 5.75 Å². The summed E-state index contributed by atoms with van der Waals surface area (Å²) in [5.74, 6) is 0.738. The Morgan fingerprint density at radius 2 is 1.69 bits per heavy atom. The Balaban J connectivity index is 1.53. The molecule has 0 saturated heterocycles. The van der Waals surface area contributed by atoms with Crippen LogP contribution in [0.5, 0.6) is 5.75 Å². The number of sulfonamides is 1. The van der Waals surface area contributed by atoms with Gasteiger partial charge < -0.3 is 4.74 Å². The van der Waals surface area contributed by atoms with E-state index in [0.717, 1.165) is 28.2 Å². The maximum Gasteiger partial charge on any atom is 0.308 e. The SMILES string of the molecule is CCOc1ccc(CNS(=O)(=O)c2ccc3c(c2)sc(=O)n3Cc2ccc(Cl)cc2)cc1. The van der Waals surface area contributed by atoms with Gasteiger partial charge in [0.15, 0.2) is 0 Å². The Morgan fingerprint density at radius 3 is 2.38 bits per heavy atom. The molecule has 1 N–H and O–H groups in total. The van der Waals surface area contributed by atoms with Gasteiger partial charge in [-0.2, -0.15) is 0 Å². The zero-order valence-corrected chi connectivity index (χ0v) is 19.6. The monoisotopic (exact) mass is 488 g/mol. The summed E-state index contributed by atoms with van der Waals surface area (Å²) in [6.45, 7) is 3.02. The van der Waals surface area contributed by atoms with Crippen molar-refractivity contribution in [2.75, 3.05) is 6.61 Å². The number of fused-ring (bicyclic) bond motifs is 1. The molecule has 0 aliphatic heterocycles. The molecule has 0 spiro atoms. The van der Waals surface area contributed by atoms with Crippen molar-refractivity contribution in [3.05, 3.63) is 92.5 Å². The van der Waals surface area contributed by atoms with Crippen LogP contribution in [0.2, 0.25) is 5.02 Å². The standard InChI is InChI=1S/C23H21ClN2O4S2/c1-2-30-19-9-5-16(6-10-19)14-25-32(28,29)20-11-12-21-22(13-20)31-23(27)26(21)15-17-3-7-18(24)8-4-17/h3-13,25H,2,14-15H2,1H3. The van der Waals surface area contributed by atoms with Crippen LogP contribution in [0.15, 0.2) is 76.4 Å². The number of nitrogens with zero attached hydrogens (tertiary/aromatic N) is 1. The van der Waals surface area contributed by atoms with E-state index in [0.29, 0.717) is 28.4 Å². The van der Waals surface area contributed by atoms with E-state index in [-0.39, 0.29) is 16.3 Å². The Hall–Kier alpha value is -2.65. The molecule has 0 amide bonds. The second-order valence-corrected chi connectivity index (χ2v) is 10.3. The highest BCUT2D eigenvalue weighted by molar-refractivity contribution is 7.89. The number of halogens is 1. The summed E-state index contributed by atoms with van der Waals surface area (Å²) in [4.78, 5) is 12.5. The molecular formula is C23H21ClN2O4S2. The van der Waals surface area contributed by atoms with Gasteiger partial charge in [0.25, 0.3) is 0 Å². The van der Waals surface area contributed by atoms with Crippen molar-refractivity contribution in [2.45, 2.75) is 24.9 Å². The van der Waals surface area contributed by atoms with E-state index in [1.807, 2.05) is 31.2 Å². The largest absolute Gasteiger partial charge is 0.494 e. The first-order valence-electron chi connectivity index (χ1n) is 9.95. The minimum atomic E-state index is -3.74. The molecule has 3 aromatic carbocycles. The van der Waals surface area contributed by atoms with E-state index >= 15 is 0 Å². The first kappa shape index (κ1) is 22.5. The lowest BCUT2D eigenvalue weighted by Gasteiger charge is -2.09. The van der Waals surface area contributed by atoms with Crippen LogP contribution in [-0.4, -0.2) is 19.6 Å². The Morgan fingerprint density at radius 1 is 1.00 bits per heavy atom. The summed E-state index contributed by atoms with van der Waals surface area (Å²) in [5.41, 5.74) is 2.45. The summed E-state index contributed by atoms with van der Waals surface area (Å²) in [6.07, 6.45) is 0. The second-order valence-electron chi connectivity index (χ2n) is 7.11. The minimum absolute atomic E-state index is 0.121. The molecule has 166 valence electrons. The lowest BCUT2D eigenvalue weighted by atomic mass is 10.2. The Bertz CT molecular complexity index is 1390. The fraction of sp³-hybridized carbons (Fsp3) is 0.174. The molecule has 0 aliphatic rings. The van der Waals surface area contributed by atoms with Gasteiger partial charge in [-0.25, -0.2) is 13.1 Å². The van der Waals surface area contributed by atoms with E-state index in [2.05, 4.69) is 4.72 Å². The van der Waals surface area contributed by atoms with Gasteiger partial charge in [0, 0.05) is 11.6 Å². The van der Waals surface area contributed by atoms with Gasteiger partial charge in [0.2, 0.25) is 10.0 Å². The number of hydrogen-bond acceptors (Lipinski definition) is 5. The molecule has 0 aliphatic carbocycles. The number of rotatable bonds is 8. The fourth-order valence-corrected chi connectivity index (χ4v) is 5.44. The normalized spacial score (nSPS) is 11.7. The lowest BCUT2D eigenvalue weighted by Crippen LogP contribution is -2.23. The van der Waals surface area contributed by atoms with E-state index in [1.54, 1.807) is 41.0 Å². The predicted octanol–water partition coefficient (Wildman–Crippen LogP) is 4.64. The van der Waals surface area contributed by atoms with Crippen molar-refractivity contribution in [3.63, 3.8) is 0 Å². The highest BCUT2D eigenvalue weighted by Crippen LogP contribution is 2.23. The molecule has 6 nitrogen and oxygen atoms in total. The second kappa shape index (κ2) is 9.46. The summed E-state index contributed by atoms with van der Waals surface area (Å²) < 4.78 is 35.9. The van der Waals surface area contributed by atoms with E-state index in [9.17, 15) is 13.2 Å². The molecule has 0 bridgehead atoms. The minimum Gasteiger partial charge on any atom is -0.494 e. The summed E-state index contributed by atoms with van der Waals surface area (Å²) >= 11 is 6.96. The molecular weight excluding hydrogens is 468 g/mol. The third-order valence-corrected chi connectivity index (χ3v) is 7.50. The van der Waals surface area contributed by atoms with Gasteiger partial charge in [0.05, 0.1) is 28.3 Å². The molecule has 0 unspecified atom stereocenters. The molecule has 0 atom stereocenters. The van der Waals surface area contributed by atoms with Crippen LogP contribution in [0.4, 0.5) is 0 Å². The van der Waals surface area contributed by atoms with E-state index in [1.165, 1.54) is 6.07 Å². The molecule has 0 radical (unpaired) electrons. The van der Waals surface area contributed by atoms with Crippen LogP contribution < -0.4 is 14.3 Å². The average Bonchev–Trinajstić information content (AvgIpc) is 3.09. The molecule has 32 heavy (non-hydrogen) atoms. The van der Waals surface area contributed by atoms with Crippen LogP contribution in [0.3, 0.4) is 0 Å². The Kier molecular flexibility index (Phi) is 6.66. The van der Waals surface area contributed by atoms with E-state index in [4.69, 9.17) is 16.3 Å². The average molecular weight is 489 g/mol. The van der Waals surface area contributed by atoms with Gasteiger partial charge in [-0.1, -0.05) is 47.2 Å². The van der Waals surface area contributed by atoms with Crippen molar-refractivity contribution in [2.24, 2.45) is 0 Å². The molecule has 9 heteroatoms. The smallest absolute Gasteiger partial charge is 0.308 e.